The third-order valence-electron chi connectivity index (χ3n) is 7.53. The lowest BCUT2D eigenvalue weighted by molar-refractivity contribution is -0.184. The Morgan fingerprint density at radius 3 is 2.13 bits per heavy atom. The molecule has 38 heavy (non-hydrogen) atoms. The second-order valence-corrected chi connectivity index (χ2v) is 9.97. The number of likely N-dealkylation sites (tertiary alicyclic amines) is 1. The van der Waals surface area contributed by atoms with E-state index in [0.29, 0.717) is 30.0 Å². The topological polar surface area (TPSA) is 87.7 Å². The lowest BCUT2D eigenvalue weighted by Gasteiger charge is -2.32. The van der Waals surface area contributed by atoms with Crippen LogP contribution in [0, 0.1) is 11.8 Å². The first-order valence-corrected chi connectivity index (χ1v) is 12.9. The molecule has 0 unspecified atom stereocenters. The number of halogens is 3. The van der Waals surface area contributed by atoms with Gasteiger partial charge in [-0.3, -0.25) is 14.9 Å². The number of carbonyl (C=O) groups excluding carboxylic acids is 3. The Morgan fingerprint density at radius 1 is 0.868 bits per heavy atom. The SMILES string of the molecule is COC(=O)Nc1cccc(C(=O)N2CCC(c3ccc(NC(=O)C4CCC(C(F)(F)F)CC4)cc3)CC2)c1. The number of carbonyl (C=O) groups is 3. The highest BCUT2D eigenvalue weighted by Gasteiger charge is 2.42. The summed E-state index contributed by atoms with van der Waals surface area (Å²) in [5.74, 6) is -1.75. The summed E-state index contributed by atoms with van der Waals surface area (Å²) < 4.78 is 43.2. The van der Waals surface area contributed by atoms with Gasteiger partial charge in [0.25, 0.3) is 5.91 Å². The molecule has 2 aliphatic rings. The van der Waals surface area contributed by atoms with Crippen molar-refractivity contribution in [3.63, 3.8) is 0 Å². The van der Waals surface area contributed by atoms with E-state index < -0.39 is 24.1 Å². The van der Waals surface area contributed by atoms with E-state index in [1.165, 1.54) is 7.11 Å². The van der Waals surface area contributed by atoms with E-state index in [4.69, 9.17) is 0 Å². The highest BCUT2D eigenvalue weighted by molar-refractivity contribution is 5.96. The van der Waals surface area contributed by atoms with Gasteiger partial charge < -0.3 is 15.0 Å². The molecule has 2 aromatic carbocycles. The van der Waals surface area contributed by atoms with Gasteiger partial charge in [0, 0.05) is 35.9 Å². The van der Waals surface area contributed by atoms with Gasteiger partial charge in [-0.05, 0) is 80.3 Å². The highest BCUT2D eigenvalue weighted by Crippen LogP contribution is 2.40. The summed E-state index contributed by atoms with van der Waals surface area (Å²) in [6, 6.07) is 14.3. The molecule has 0 radical (unpaired) electrons. The number of hydrogen-bond donors (Lipinski definition) is 2. The van der Waals surface area contributed by atoms with Crippen molar-refractivity contribution in [1.82, 2.24) is 4.90 Å². The smallest absolute Gasteiger partial charge is 0.411 e. The number of rotatable bonds is 5. The van der Waals surface area contributed by atoms with E-state index in [1.807, 2.05) is 24.3 Å². The van der Waals surface area contributed by atoms with Crippen LogP contribution in [0.2, 0.25) is 0 Å². The van der Waals surface area contributed by atoms with Gasteiger partial charge in [0.05, 0.1) is 13.0 Å². The van der Waals surface area contributed by atoms with Crippen LogP contribution in [0.1, 0.15) is 60.4 Å². The predicted molar refractivity (Wildman–Crippen MR) is 137 cm³/mol. The van der Waals surface area contributed by atoms with Crippen LogP contribution in [0.15, 0.2) is 48.5 Å². The fraction of sp³-hybridized carbons (Fsp3) is 0.464. The quantitative estimate of drug-likeness (QED) is 0.482. The molecule has 4 rings (SSSR count). The average molecular weight is 532 g/mol. The third-order valence-corrected chi connectivity index (χ3v) is 7.53. The molecule has 10 heteroatoms. The molecule has 1 heterocycles. The summed E-state index contributed by atoms with van der Waals surface area (Å²) in [7, 11) is 1.27. The minimum Gasteiger partial charge on any atom is -0.453 e. The molecule has 0 atom stereocenters. The number of hydrogen-bond acceptors (Lipinski definition) is 4. The van der Waals surface area contributed by atoms with Gasteiger partial charge >= 0.3 is 12.3 Å². The zero-order valence-electron chi connectivity index (χ0n) is 21.2. The molecule has 0 aromatic heterocycles. The fourth-order valence-corrected chi connectivity index (χ4v) is 5.26. The predicted octanol–water partition coefficient (Wildman–Crippen LogP) is 6.19. The van der Waals surface area contributed by atoms with E-state index >= 15 is 0 Å². The van der Waals surface area contributed by atoms with Crippen LogP contribution in [0.25, 0.3) is 0 Å². The van der Waals surface area contributed by atoms with Crippen molar-refractivity contribution in [1.29, 1.82) is 0 Å². The Kier molecular flexibility index (Phi) is 8.58. The van der Waals surface area contributed by atoms with Crippen LogP contribution < -0.4 is 10.6 Å². The molecule has 2 fully saturated rings. The van der Waals surface area contributed by atoms with E-state index in [9.17, 15) is 27.6 Å². The Morgan fingerprint density at radius 2 is 1.53 bits per heavy atom. The van der Waals surface area contributed by atoms with Gasteiger partial charge in [-0.2, -0.15) is 13.2 Å². The van der Waals surface area contributed by atoms with Gasteiger partial charge in [0.15, 0.2) is 0 Å². The molecule has 2 N–H and O–H groups in total. The number of benzene rings is 2. The van der Waals surface area contributed by atoms with Crippen molar-refractivity contribution in [3.8, 4) is 0 Å². The molecule has 0 bridgehead atoms. The number of ether oxygens (including phenoxy) is 1. The lowest BCUT2D eigenvalue weighted by atomic mass is 9.81. The summed E-state index contributed by atoms with van der Waals surface area (Å²) in [6.07, 6.45) is -2.71. The molecular formula is C28H32F3N3O4. The van der Waals surface area contributed by atoms with Crippen molar-refractivity contribution in [3.05, 3.63) is 59.7 Å². The van der Waals surface area contributed by atoms with Crippen LogP contribution in [-0.4, -0.2) is 49.2 Å². The normalized spacial score (nSPS) is 20.5. The van der Waals surface area contributed by atoms with Gasteiger partial charge in [-0.25, -0.2) is 4.79 Å². The summed E-state index contributed by atoms with van der Waals surface area (Å²) in [5.41, 5.74) is 2.72. The molecule has 1 saturated heterocycles. The van der Waals surface area contributed by atoms with Crippen molar-refractivity contribution in [2.75, 3.05) is 30.8 Å². The van der Waals surface area contributed by atoms with E-state index in [2.05, 4.69) is 15.4 Å². The first kappa shape index (κ1) is 27.5. The van der Waals surface area contributed by atoms with Gasteiger partial charge in [0.2, 0.25) is 5.91 Å². The maximum Gasteiger partial charge on any atom is 0.411 e. The van der Waals surface area contributed by atoms with E-state index in [-0.39, 0.29) is 43.4 Å². The number of nitrogens with one attached hydrogen (secondary N) is 2. The molecule has 7 nitrogen and oxygen atoms in total. The van der Waals surface area contributed by atoms with Crippen molar-refractivity contribution in [2.24, 2.45) is 11.8 Å². The minimum atomic E-state index is -4.19. The van der Waals surface area contributed by atoms with Gasteiger partial charge in [0.1, 0.15) is 0 Å². The largest absolute Gasteiger partial charge is 0.453 e. The first-order chi connectivity index (χ1) is 18.1. The summed E-state index contributed by atoms with van der Waals surface area (Å²) in [5, 5.41) is 5.41. The number of nitrogens with zero attached hydrogens (tertiary/aromatic N) is 1. The molecule has 1 saturated carbocycles. The molecule has 1 aliphatic heterocycles. The first-order valence-electron chi connectivity index (χ1n) is 12.9. The third kappa shape index (κ3) is 6.85. The van der Waals surface area contributed by atoms with Crippen LogP contribution in [-0.2, 0) is 9.53 Å². The highest BCUT2D eigenvalue weighted by atomic mass is 19.4. The maximum atomic E-state index is 13.0. The Balaban J connectivity index is 1.26. The number of methoxy groups -OCH3 is 1. The summed E-state index contributed by atoms with van der Waals surface area (Å²) in [4.78, 5) is 38.8. The zero-order chi connectivity index (χ0) is 27.3. The number of amides is 3. The fourth-order valence-electron chi connectivity index (χ4n) is 5.26. The molecule has 1 aliphatic carbocycles. The molecule has 3 amide bonds. The van der Waals surface area contributed by atoms with Crippen LogP contribution in [0.5, 0.6) is 0 Å². The summed E-state index contributed by atoms with van der Waals surface area (Å²) in [6.45, 7) is 1.19. The van der Waals surface area contributed by atoms with E-state index in [1.54, 1.807) is 29.2 Å². The minimum absolute atomic E-state index is 0.00244. The van der Waals surface area contributed by atoms with Crippen LogP contribution >= 0.6 is 0 Å². The zero-order valence-corrected chi connectivity index (χ0v) is 21.2. The number of anilines is 2. The molecular weight excluding hydrogens is 499 g/mol. The Hall–Kier alpha value is -3.56. The maximum absolute atomic E-state index is 13.0. The van der Waals surface area contributed by atoms with Crippen LogP contribution in [0.4, 0.5) is 29.3 Å². The summed E-state index contributed by atoms with van der Waals surface area (Å²) >= 11 is 0. The Labute approximate surface area is 219 Å². The van der Waals surface area contributed by atoms with Crippen molar-refractivity contribution in [2.45, 2.75) is 50.6 Å². The molecule has 0 spiro atoms. The Bertz CT molecular complexity index is 1140. The standard InChI is InChI=1S/C28H32F3N3O4/c1-38-27(37)33-24-4-2-3-21(17-24)26(36)34-15-13-19(14-16-34)18-7-11-23(12-8-18)32-25(35)20-5-9-22(10-6-20)28(29,30)31/h2-4,7-8,11-12,17,19-20,22H,5-6,9-10,13-16H2,1H3,(H,32,35)(H,33,37). The van der Waals surface area contributed by atoms with Crippen molar-refractivity contribution >= 4 is 29.3 Å². The monoisotopic (exact) mass is 531 g/mol. The average Bonchev–Trinajstić information content (AvgIpc) is 2.93. The molecule has 204 valence electrons. The van der Waals surface area contributed by atoms with Crippen molar-refractivity contribution < 1.29 is 32.3 Å². The van der Waals surface area contributed by atoms with Crippen LogP contribution in [0.3, 0.4) is 0 Å². The lowest BCUT2D eigenvalue weighted by Crippen LogP contribution is -2.38. The molecule has 2 aromatic rings. The van der Waals surface area contributed by atoms with Gasteiger partial charge in [-0.1, -0.05) is 18.2 Å². The second-order valence-electron chi connectivity index (χ2n) is 9.97. The van der Waals surface area contributed by atoms with E-state index in [0.717, 1.165) is 18.4 Å². The van der Waals surface area contributed by atoms with Gasteiger partial charge in [-0.15, -0.1) is 0 Å². The second kappa shape index (κ2) is 11.9. The number of piperidine rings is 1. The number of alkyl halides is 3.